The number of piperidine rings is 1. The lowest BCUT2D eigenvalue weighted by molar-refractivity contribution is 0.0681. The molecule has 0 radical (unpaired) electrons. The zero-order valence-electron chi connectivity index (χ0n) is 17.6. The summed E-state index contributed by atoms with van der Waals surface area (Å²) in [4.78, 5) is 19.4. The van der Waals surface area contributed by atoms with Crippen LogP contribution in [-0.4, -0.2) is 46.1 Å². The SMILES string of the molecule is CN(C(=O)c1ccc(-c2noc(CC(C)(C)C)n2)cc1)C1CC2CCC(C1)N2.Cl. The van der Waals surface area contributed by atoms with Crippen molar-refractivity contribution >= 4 is 18.3 Å². The molecular formula is C22H31ClN4O2. The maximum Gasteiger partial charge on any atom is 0.253 e. The Bertz CT molecular complexity index is 831. The third-order valence-electron chi connectivity index (χ3n) is 5.86. The van der Waals surface area contributed by atoms with Crippen LogP contribution >= 0.6 is 12.4 Å². The lowest BCUT2D eigenvalue weighted by Crippen LogP contribution is -2.48. The quantitative estimate of drug-likeness (QED) is 0.809. The highest BCUT2D eigenvalue weighted by Crippen LogP contribution is 2.30. The number of nitrogens with zero attached hydrogens (tertiary/aromatic N) is 3. The monoisotopic (exact) mass is 418 g/mol. The van der Waals surface area contributed by atoms with Gasteiger partial charge in [0, 0.05) is 42.7 Å². The fourth-order valence-electron chi connectivity index (χ4n) is 4.37. The number of benzene rings is 1. The van der Waals surface area contributed by atoms with E-state index in [2.05, 4.69) is 36.2 Å². The average molecular weight is 419 g/mol. The van der Waals surface area contributed by atoms with Gasteiger partial charge in [-0.25, -0.2) is 0 Å². The molecule has 1 amide bonds. The Morgan fingerprint density at radius 1 is 1.17 bits per heavy atom. The van der Waals surface area contributed by atoms with Gasteiger partial charge >= 0.3 is 0 Å². The number of rotatable bonds is 4. The van der Waals surface area contributed by atoms with Gasteiger partial charge in [0.15, 0.2) is 0 Å². The molecule has 4 rings (SSSR count). The first-order valence-corrected chi connectivity index (χ1v) is 10.2. The molecule has 0 saturated carbocycles. The van der Waals surface area contributed by atoms with Crippen molar-refractivity contribution in [2.45, 2.75) is 71.0 Å². The number of carbonyl (C=O) groups is 1. The van der Waals surface area contributed by atoms with Gasteiger partial charge in [0.05, 0.1) is 0 Å². The van der Waals surface area contributed by atoms with Gasteiger partial charge in [-0.1, -0.05) is 38.1 Å². The van der Waals surface area contributed by atoms with Crippen molar-refractivity contribution in [3.8, 4) is 11.4 Å². The molecule has 2 aliphatic rings. The highest BCUT2D eigenvalue weighted by atomic mass is 35.5. The van der Waals surface area contributed by atoms with Crippen LogP contribution in [0.2, 0.25) is 0 Å². The first-order valence-electron chi connectivity index (χ1n) is 10.2. The van der Waals surface area contributed by atoms with Gasteiger partial charge in [0.2, 0.25) is 11.7 Å². The molecule has 29 heavy (non-hydrogen) atoms. The fraction of sp³-hybridized carbons (Fsp3) is 0.591. The lowest BCUT2D eigenvalue weighted by Gasteiger charge is -2.35. The maximum atomic E-state index is 12.9. The first-order chi connectivity index (χ1) is 13.3. The summed E-state index contributed by atoms with van der Waals surface area (Å²) in [5, 5.41) is 7.72. The molecule has 0 spiro atoms. The molecular weight excluding hydrogens is 388 g/mol. The van der Waals surface area contributed by atoms with Crippen molar-refractivity contribution in [3.05, 3.63) is 35.7 Å². The van der Waals surface area contributed by atoms with Crippen LogP contribution in [0, 0.1) is 5.41 Å². The second kappa shape index (κ2) is 8.44. The van der Waals surface area contributed by atoms with Gasteiger partial charge in [-0.05, 0) is 43.2 Å². The van der Waals surface area contributed by atoms with Crippen LogP contribution < -0.4 is 5.32 Å². The molecule has 6 nitrogen and oxygen atoms in total. The standard InChI is InChI=1S/C22H30N4O2.ClH/c1-22(2,3)13-19-24-20(25-28-19)14-5-7-15(8-6-14)21(27)26(4)18-11-16-9-10-17(12-18)23-16;/h5-8,16-18,23H,9-13H2,1-4H3;1H. The minimum Gasteiger partial charge on any atom is -0.339 e. The number of hydrogen-bond acceptors (Lipinski definition) is 5. The molecule has 2 unspecified atom stereocenters. The molecule has 2 aliphatic heterocycles. The molecule has 1 aromatic heterocycles. The molecule has 2 aromatic rings. The molecule has 7 heteroatoms. The van der Waals surface area contributed by atoms with Crippen molar-refractivity contribution in [1.29, 1.82) is 0 Å². The molecule has 2 atom stereocenters. The van der Waals surface area contributed by atoms with Gasteiger partial charge in [0.25, 0.3) is 5.91 Å². The van der Waals surface area contributed by atoms with Gasteiger partial charge in [-0.15, -0.1) is 12.4 Å². The minimum atomic E-state index is 0. The fourth-order valence-corrected chi connectivity index (χ4v) is 4.37. The Kier molecular flexibility index (Phi) is 6.34. The summed E-state index contributed by atoms with van der Waals surface area (Å²) >= 11 is 0. The van der Waals surface area contributed by atoms with E-state index >= 15 is 0 Å². The van der Waals surface area contributed by atoms with Crippen LogP contribution in [0.25, 0.3) is 11.4 Å². The van der Waals surface area contributed by atoms with E-state index in [1.807, 2.05) is 36.2 Å². The van der Waals surface area contributed by atoms with Crippen molar-refractivity contribution < 1.29 is 9.32 Å². The predicted octanol–water partition coefficient (Wildman–Crippen LogP) is 4.10. The van der Waals surface area contributed by atoms with E-state index in [1.165, 1.54) is 12.8 Å². The Morgan fingerprint density at radius 2 is 1.79 bits per heavy atom. The summed E-state index contributed by atoms with van der Waals surface area (Å²) in [5.41, 5.74) is 1.66. The number of aromatic nitrogens is 2. The van der Waals surface area contributed by atoms with Gasteiger partial charge < -0.3 is 14.7 Å². The summed E-state index contributed by atoms with van der Waals surface area (Å²) in [6.45, 7) is 6.42. The highest BCUT2D eigenvalue weighted by molar-refractivity contribution is 5.94. The number of fused-ring (bicyclic) bond motifs is 2. The number of carbonyl (C=O) groups excluding carboxylic acids is 1. The third-order valence-corrected chi connectivity index (χ3v) is 5.86. The number of amides is 1. The Balaban J connectivity index is 0.00000240. The van der Waals surface area contributed by atoms with Gasteiger partial charge in [-0.3, -0.25) is 4.79 Å². The van der Waals surface area contributed by atoms with Crippen molar-refractivity contribution in [1.82, 2.24) is 20.4 Å². The largest absolute Gasteiger partial charge is 0.339 e. The lowest BCUT2D eigenvalue weighted by atomic mass is 9.92. The first kappa shape index (κ1) is 21.8. The van der Waals surface area contributed by atoms with Crippen LogP contribution in [0.5, 0.6) is 0 Å². The van der Waals surface area contributed by atoms with E-state index in [9.17, 15) is 4.79 Å². The van der Waals surface area contributed by atoms with Gasteiger partial charge in [0.1, 0.15) is 0 Å². The summed E-state index contributed by atoms with van der Waals surface area (Å²) < 4.78 is 5.37. The molecule has 0 aliphatic carbocycles. The number of hydrogen-bond donors (Lipinski definition) is 1. The van der Waals surface area contributed by atoms with E-state index in [0.29, 0.717) is 35.4 Å². The Morgan fingerprint density at radius 3 is 2.38 bits per heavy atom. The number of nitrogens with one attached hydrogen (secondary N) is 1. The maximum absolute atomic E-state index is 12.9. The highest BCUT2D eigenvalue weighted by Gasteiger charge is 2.36. The van der Waals surface area contributed by atoms with Crippen molar-refractivity contribution in [2.24, 2.45) is 5.41 Å². The molecule has 2 saturated heterocycles. The molecule has 158 valence electrons. The van der Waals surface area contributed by atoms with E-state index in [0.717, 1.165) is 24.8 Å². The zero-order valence-corrected chi connectivity index (χ0v) is 18.5. The van der Waals surface area contributed by atoms with Crippen molar-refractivity contribution in [3.63, 3.8) is 0 Å². The van der Waals surface area contributed by atoms with E-state index in [4.69, 9.17) is 4.52 Å². The average Bonchev–Trinajstić information content (AvgIpc) is 3.25. The molecule has 2 fully saturated rings. The van der Waals surface area contributed by atoms with E-state index in [-0.39, 0.29) is 23.7 Å². The molecule has 2 bridgehead atoms. The second-order valence-corrected chi connectivity index (χ2v) is 9.51. The topological polar surface area (TPSA) is 71.3 Å². The number of halogens is 1. The van der Waals surface area contributed by atoms with Crippen molar-refractivity contribution in [2.75, 3.05) is 7.05 Å². The summed E-state index contributed by atoms with van der Waals surface area (Å²) in [5.74, 6) is 1.30. The smallest absolute Gasteiger partial charge is 0.253 e. The van der Waals surface area contributed by atoms with E-state index < -0.39 is 0 Å². The van der Waals surface area contributed by atoms with Gasteiger partial charge in [-0.2, -0.15) is 4.98 Å². The molecule has 1 N–H and O–H groups in total. The molecule has 3 heterocycles. The Hall–Kier alpha value is -1.92. The van der Waals surface area contributed by atoms with Crippen LogP contribution in [0.3, 0.4) is 0 Å². The van der Waals surface area contributed by atoms with Crippen LogP contribution in [-0.2, 0) is 6.42 Å². The summed E-state index contributed by atoms with van der Waals surface area (Å²) in [7, 11) is 1.93. The zero-order chi connectivity index (χ0) is 19.9. The summed E-state index contributed by atoms with van der Waals surface area (Å²) in [6.07, 6.45) is 5.31. The molecule has 1 aromatic carbocycles. The third kappa shape index (κ3) is 4.98. The van der Waals surface area contributed by atoms with Crippen LogP contribution in [0.15, 0.2) is 28.8 Å². The normalized spacial score (nSPS) is 23.5. The second-order valence-electron chi connectivity index (χ2n) is 9.51. The summed E-state index contributed by atoms with van der Waals surface area (Å²) in [6, 6.07) is 9.00. The Labute approximate surface area is 178 Å². The van der Waals surface area contributed by atoms with Crippen LogP contribution in [0.1, 0.15) is 62.7 Å². The minimum absolute atomic E-state index is 0. The van der Waals surface area contributed by atoms with E-state index in [1.54, 1.807) is 0 Å². The predicted molar refractivity (Wildman–Crippen MR) is 115 cm³/mol. The van der Waals surface area contributed by atoms with Crippen LogP contribution in [0.4, 0.5) is 0 Å².